The van der Waals surface area contributed by atoms with E-state index in [-0.39, 0.29) is 11.9 Å². The molecule has 0 atom stereocenters. The van der Waals surface area contributed by atoms with Crippen molar-refractivity contribution < 1.29 is 19.1 Å². The fourth-order valence-corrected chi connectivity index (χ4v) is 1.48. The fraction of sp³-hybridized carbons (Fsp3) is 0.385. The Hall–Kier alpha value is -2.04. The number of benzene rings is 1. The summed E-state index contributed by atoms with van der Waals surface area (Å²) in [6, 6.07) is 7.05. The maximum atomic E-state index is 11.4. The molecule has 5 heteroatoms. The van der Waals surface area contributed by atoms with Gasteiger partial charge in [-0.05, 0) is 18.2 Å². The van der Waals surface area contributed by atoms with E-state index >= 15 is 0 Å². The zero-order valence-corrected chi connectivity index (χ0v) is 10.8. The number of esters is 2. The largest absolute Gasteiger partial charge is 0.469 e. The van der Waals surface area contributed by atoms with Crippen LogP contribution < -0.4 is 4.90 Å². The first-order chi connectivity index (χ1) is 8.58. The third kappa shape index (κ3) is 3.76. The molecule has 0 bridgehead atoms. The first-order valence-corrected chi connectivity index (χ1v) is 5.54. The molecular formula is C13H17NO4. The molecule has 0 aliphatic carbocycles. The van der Waals surface area contributed by atoms with Gasteiger partial charge in [0.15, 0.2) is 0 Å². The van der Waals surface area contributed by atoms with Crippen LogP contribution in [-0.2, 0) is 14.3 Å². The summed E-state index contributed by atoms with van der Waals surface area (Å²) < 4.78 is 9.23. The van der Waals surface area contributed by atoms with E-state index in [4.69, 9.17) is 0 Å². The fourth-order valence-electron chi connectivity index (χ4n) is 1.48. The van der Waals surface area contributed by atoms with Crippen LogP contribution in [0.25, 0.3) is 0 Å². The van der Waals surface area contributed by atoms with Gasteiger partial charge in [-0.3, -0.25) is 4.79 Å². The average molecular weight is 251 g/mol. The summed E-state index contributed by atoms with van der Waals surface area (Å²) in [5.74, 6) is -0.635. The van der Waals surface area contributed by atoms with E-state index in [2.05, 4.69) is 9.47 Å². The Morgan fingerprint density at radius 1 is 1.22 bits per heavy atom. The predicted molar refractivity (Wildman–Crippen MR) is 67.7 cm³/mol. The van der Waals surface area contributed by atoms with E-state index < -0.39 is 0 Å². The van der Waals surface area contributed by atoms with Crippen molar-refractivity contribution in [2.45, 2.75) is 6.42 Å². The number of carbonyl (C=O) groups excluding carboxylic acids is 2. The Bertz CT molecular complexity index is 431. The van der Waals surface area contributed by atoms with Gasteiger partial charge in [-0.1, -0.05) is 6.07 Å². The normalized spacial score (nSPS) is 9.72. The van der Waals surface area contributed by atoms with Crippen LogP contribution in [0.3, 0.4) is 0 Å². The molecule has 0 saturated carbocycles. The molecule has 1 aromatic carbocycles. The maximum absolute atomic E-state index is 11.4. The van der Waals surface area contributed by atoms with Crippen molar-refractivity contribution in [3.63, 3.8) is 0 Å². The molecule has 0 unspecified atom stereocenters. The number of hydrogen-bond acceptors (Lipinski definition) is 5. The van der Waals surface area contributed by atoms with Gasteiger partial charge < -0.3 is 14.4 Å². The summed E-state index contributed by atoms with van der Waals surface area (Å²) in [7, 11) is 4.55. The third-order valence-electron chi connectivity index (χ3n) is 2.59. The van der Waals surface area contributed by atoms with E-state index in [0.29, 0.717) is 18.5 Å². The number of carbonyl (C=O) groups is 2. The van der Waals surface area contributed by atoms with Crippen LogP contribution in [0.2, 0.25) is 0 Å². The maximum Gasteiger partial charge on any atom is 0.337 e. The Labute approximate surface area is 106 Å². The van der Waals surface area contributed by atoms with Crippen LogP contribution in [0.1, 0.15) is 16.8 Å². The quantitative estimate of drug-likeness (QED) is 0.742. The molecule has 18 heavy (non-hydrogen) atoms. The minimum atomic E-state index is -0.377. The molecule has 0 amide bonds. The minimum absolute atomic E-state index is 0.258. The number of nitrogens with zero attached hydrogens (tertiary/aromatic N) is 1. The van der Waals surface area contributed by atoms with Gasteiger partial charge >= 0.3 is 11.9 Å². The highest BCUT2D eigenvalue weighted by molar-refractivity contribution is 5.90. The molecule has 5 nitrogen and oxygen atoms in total. The van der Waals surface area contributed by atoms with Gasteiger partial charge in [0, 0.05) is 19.3 Å². The van der Waals surface area contributed by atoms with E-state index in [9.17, 15) is 9.59 Å². The lowest BCUT2D eigenvalue weighted by Crippen LogP contribution is -2.21. The number of anilines is 1. The van der Waals surface area contributed by atoms with Crippen LogP contribution in [0.5, 0.6) is 0 Å². The summed E-state index contributed by atoms with van der Waals surface area (Å²) >= 11 is 0. The van der Waals surface area contributed by atoms with Gasteiger partial charge in [0.05, 0.1) is 26.2 Å². The summed E-state index contributed by atoms with van der Waals surface area (Å²) in [6.07, 6.45) is 0.301. The molecule has 0 aliphatic heterocycles. The minimum Gasteiger partial charge on any atom is -0.469 e. The van der Waals surface area contributed by atoms with Gasteiger partial charge in [-0.15, -0.1) is 0 Å². The molecule has 0 aromatic heterocycles. The second-order valence-electron chi connectivity index (χ2n) is 3.79. The Balaban J connectivity index is 2.71. The van der Waals surface area contributed by atoms with Gasteiger partial charge in [0.25, 0.3) is 0 Å². The number of rotatable bonds is 5. The SMILES string of the molecule is COC(=O)CCN(C)c1cccc(C(=O)OC)c1. The van der Waals surface area contributed by atoms with Crippen LogP contribution in [0, 0.1) is 0 Å². The monoisotopic (exact) mass is 251 g/mol. The second kappa shape index (κ2) is 6.64. The first-order valence-electron chi connectivity index (χ1n) is 5.54. The topological polar surface area (TPSA) is 55.8 Å². The van der Waals surface area contributed by atoms with Gasteiger partial charge in [-0.25, -0.2) is 4.79 Å². The average Bonchev–Trinajstić information content (AvgIpc) is 2.43. The smallest absolute Gasteiger partial charge is 0.337 e. The molecule has 0 radical (unpaired) electrons. The molecule has 0 saturated heterocycles. The highest BCUT2D eigenvalue weighted by Gasteiger charge is 2.09. The van der Waals surface area contributed by atoms with Gasteiger partial charge in [0.2, 0.25) is 0 Å². The molecular weight excluding hydrogens is 234 g/mol. The number of hydrogen-bond donors (Lipinski definition) is 0. The number of ether oxygens (including phenoxy) is 2. The molecule has 1 rings (SSSR count). The van der Waals surface area contributed by atoms with E-state index in [1.165, 1.54) is 14.2 Å². The highest BCUT2D eigenvalue weighted by atomic mass is 16.5. The van der Waals surface area contributed by atoms with Crippen LogP contribution in [0.15, 0.2) is 24.3 Å². The lowest BCUT2D eigenvalue weighted by atomic mass is 10.2. The van der Waals surface area contributed by atoms with Gasteiger partial charge in [0.1, 0.15) is 0 Å². The summed E-state index contributed by atoms with van der Waals surface area (Å²) in [5, 5.41) is 0. The lowest BCUT2D eigenvalue weighted by molar-refractivity contribution is -0.140. The zero-order chi connectivity index (χ0) is 13.5. The Morgan fingerprint density at radius 3 is 2.56 bits per heavy atom. The van der Waals surface area contributed by atoms with Crippen molar-refractivity contribution in [1.82, 2.24) is 0 Å². The molecule has 0 fully saturated rings. The lowest BCUT2D eigenvalue weighted by Gasteiger charge is -2.19. The summed E-state index contributed by atoms with van der Waals surface area (Å²) in [5.41, 5.74) is 1.33. The van der Waals surface area contributed by atoms with Crippen LogP contribution >= 0.6 is 0 Å². The van der Waals surface area contributed by atoms with Crippen molar-refractivity contribution in [1.29, 1.82) is 0 Å². The molecule has 0 N–H and O–H groups in total. The van der Waals surface area contributed by atoms with Gasteiger partial charge in [-0.2, -0.15) is 0 Å². The van der Waals surface area contributed by atoms with E-state index in [0.717, 1.165) is 5.69 Å². The van der Waals surface area contributed by atoms with Crippen molar-refractivity contribution in [2.24, 2.45) is 0 Å². The summed E-state index contributed by atoms with van der Waals surface area (Å²) in [4.78, 5) is 24.3. The predicted octanol–water partition coefficient (Wildman–Crippen LogP) is 1.47. The molecule has 1 aromatic rings. The van der Waals surface area contributed by atoms with Crippen molar-refractivity contribution in [2.75, 3.05) is 32.7 Å². The Morgan fingerprint density at radius 2 is 1.94 bits per heavy atom. The van der Waals surface area contributed by atoms with Crippen molar-refractivity contribution in [3.05, 3.63) is 29.8 Å². The first kappa shape index (κ1) is 14.0. The Kier molecular flexibility index (Phi) is 5.17. The highest BCUT2D eigenvalue weighted by Crippen LogP contribution is 2.15. The zero-order valence-electron chi connectivity index (χ0n) is 10.8. The third-order valence-corrected chi connectivity index (χ3v) is 2.59. The molecule has 0 spiro atoms. The molecule has 0 aliphatic rings. The molecule has 0 heterocycles. The van der Waals surface area contributed by atoms with Crippen molar-refractivity contribution >= 4 is 17.6 Å². The van der Waals surface area contributed by atoms with Crippen LogP contribution in [-0.4, -0.2) is 39.8 Å². The van der Waals surface area contributed by atoms with E-state index in [1.807, 2.05) is 18.0 Å². The summed E-state index contributed by atoms with van der Waals surface area (Å²) in [6.45, 7) is 0.525. The number of methoxy groups -OCH3 is 2. The second-order valence-corrected chi connectivity index (χ2v) is 3.79. The standard InChI is InChI=1S/C13H17NO4/c1-14(8-7-12(15)17-2)11-6-4-5-10(9-11)13(16)18-3/h4-6,9H,7-8H2,1-3H3. The van der Waals surface area contributed by atoms with E-state index in [1.54, 1.807) is 18.2 Å². The van der Waals surface area contributed by atoms with Crippen LogP contribution in [0.4, 0.5) is 5.69 Å². The molecule has 98 valence electrons. The van der Waals surface area contributed by atoms with Crippen molar-refractivity contribution in [3.8, 4) is 0 Å².